The molecule has 0 unspecified atom stereocenters. The summed E-state index contributed by atoms with van der Waals surface area (Å²) in [6, 6.07) is 15.9. The molecule has 166 valence electrons. The zero-order valence-electron chi connectivity index (χ0n) is 17.8. The number of para-hydroxylation sites is 1. The molecule has 0 bridgehead atoms. The first-order valence-corrected chi connectivity index (χ1v) is 11.6. The Labute approximate surface area is 186 Å². The molecule has 0 fully saturated rings. The van der Waals surface area contributed by atoms with Gasteiger partial charge < -0.3 is 10.1 Å². The van der Waals surface area contributed by atoms with Crippen molar-refractivity contribution in [2.75, 3.05) is 23.3 Å². The van der Waals surface area contributed by atoms with E-state index in [4.69, 9.17) is 4.74 Å². The zero-order chi connectivity index (χ0) is 22.9. The molecule has 0 spiro atoms. The van der Waals surface area contributed by atoms with E-state index >= 15 is 0 Å². The van der Waals surface area contributed by atoms with Crippen LogP contribution in [0.25, 0.3) is 0 Å². The van der Waals surface area contributed by atoms with E-state index in [1.165, 1.54) is 41.7 Å². The Kier molecular flexibility index (Phi) is 5.88. The molecular weight excluding hydrogens is 431 g/mol. The lowest BCUT2D eigenvalue weighted by Crippen LogP contribution is -2.35. The lowest BCUT2D eigenvalue weighted by molar-refractivity contribution is 0.102. The molecule has 1 aliphatic heterocycles. The number of sulfonamides is 1. The first kappa shape index (κ1) is 21.8. The monoisotopic (exact) mass is 454 g/mol. The maximum atomic E-state index is 14.1. The van der Waals surface area contributed by atoms with Gasteiger partial charge in [0, 0.05) is 12.1 Å². The van der Waals surface area contributed by atoms with E-state index in [0.29, 0.717) is 18.7 Å². The fraction of sp³-hybridized carbons (Fsp3) is 0.208. The predicted octanol–water partition coefficient (Wildman–Crippen LogP) is 4.54. The molecule has 0 aliphatic carbocycles. The van der Waals surface area contributed by atoms with E-state index < -0.39 is 21.7 Å². The van der Waals surface area contributed by atoms with E-state index in [0.717, 1.165) is 17.5 Å². The largest absolute Gasteiger partial charge is 0.495 e. The number of hydrogen-bond donors (Lipinski definition) is 1. The van der Waals surface area contributed by atoms with Crippen LogP contribution in [0.15, 0.2) is 65.6 Å². The summed E-state index contributed by atoms with van der Waals surface area (Å²) in [6.07, 6.45) is 1.48. The van der Waals surface area contributed by atoms with Crippen LogP contribution in [-0.4, -0.2) is 28.0 Å². The Balaban J connectivity index is 1.73. The standard InChI is InChI=1S/C24H23FN2O4S/c1-16-9-11-19(25)20(14-16)26-24(28)18-10-12-22(31-2)23(15-18)32(29,30)27-13-5-7-17-6-3-4-8-21(17)27/h3-4,6,8-12,14-15H,5,7,13H2,1-2H3,(H,26,28). The molecule has 0 atom stereocenters. The van der Waals surface area contributed by atoms with Crippen LogP contribution in [0.3, 0.4) is 0 Å². The maximum Gasteiger partial charge on any atom is 0.268 e. The number of hydrogen-bond acceptors (Lipinski definition) is 4. The van der Waals surface area contributed by atoms with Gasteiger partial charge in [-0.05, 0) is 67.3 Å². The van der Waals surface area contributed by atoms with Gasteiger partial charge >= 0.3 is 0 Å². The van der Waals surface area contributed by atoms with E-state index in [9.17, 15) is 17.6 Å². The van der Waals surface area contributed by atoms with Crippen LogP contribution in [-0.2, 0) is 16.4 Å². The van der Waals surface area contributed by atoms with Crippen molar-refractivity contribution in [1.29, 1.82) is 0 Å². The topological polar surface area (TPSA) is 75.7 Å². The first-order chi connectivity index (χ1) is 15.3. The van der Waals surface area contributed by atoms with Gasteiger partial charge in [0.2, 0.25) is 0 Å². The molecule has 0 aromatic heterocycles. The summed E-state index contributed by atoms with van der Waals surface area (Å²) in [6.45, 7) is 2.11. The number of halogens is 1. The molecule has 3 aromatic carbocycles. The number of benzene rings is 3. The lowest BCUT2D eigenvalue weighted by Gasteiger charge is -2.31. The van der Waals surface area contributed by atoms with Gasteiger partial charge in [-0.2, -0.15) is 0 Å². The summed E-state index contributed by atoms with van der Waals surface area (Å²) in [7, 11) is -2.63. The Morgan fingerprint density at radius 3 is 2.66 bits per heavy atom. The molecule has 0 radical (unpaired) electrons. The van der Waals surface area contributed by atoms with Crippen LogP contribution < -0.4 is 14.4 Å². The molecule has 6 nitrogen and oxygen atoms in total. The number of nitrogens with zero attached hydrogens (tertiary/aromatic N) is 1. The molecule has 8 heteroatoms. The number of amides is 1. The minimum atomic E-state index is -4.01. The first-order valence-electron chi connectivity index (χ1n) is 10.2. The van der Waals surface area contributed by atoms with Gasteiger partial charge in [0.25, 0.3) is 15.9 Å². The van der Waals surface area contributed by atoms with Crippen molar-refractivity contribution in [3.8, 4) is 5.75 Å². The van der Waals surface area contributed by atoms with E-state index in [2.05, 4.69) is 5.32 Å². The predicted molar refractivity (Wildman–Crippen MR) is 121 cm³/mol. The number of anilines is 2. The van der Waals surface area contributed by atoms with Crippen molar-refractivity contribution in [3.05, 3.63) is 83.2 Å². The summed E-state index contributed by atoms with van der Waals surface area (Å²) in [5, 5.41) is 2.52. The molecule has 1 amide bonds. The molecular formula is C24H23FN2O4S. The average Bonchev–Trinajstić information content (AvgIpc) is 2.80. The van der Waals surface area contributed by atoms with Gasteiger partial charge in [-0.1, -0.05) is 24.3 Å². The zero-order valence-corrected chi connectivity index (χ0v) is 18.6. The summed E-state index contributed by atoms with van der Waals surface area (Å²) >= 11 is 0. The van der Waals surface area contributed by atoms with Crippen LogP contribution >= 0.6 is 0 Å². The lowest BCUT2D eigenvalue weighted by atomic mass is 10.0. The average molecular weight is 455 g/mol. The van der Waals surface area contributed by atoms with Crippen LogP contribution in [0.1, 0.15) is 27.9 Å². The van der Waals surface area contributed by atoms with Crippen LogP contribution in [0.2, 0.25) is 0 Å². The minimum Gasteiger partial charge on any atom is -0.495 e. The van der Waals surface area contributed by atoms with Crippen molar-refractivity contribution >= 4 is 27.3 Å². The van der Waals surface area contributed by atoms with Crippen molar-refractivity contribution in [2.45, 2.75) is 24.7 Å². The number of nitrogens with one attached hydrogen (secondary N) is 1. The SMILES string of the molecule is COc1ccc(C(=O)Nc2cc(C)ccc2F)cc1S(=O)(=O)N1CCCc2ccccc21. The Morgan fingerprint density at radius 2 is 1.88 bits per heavy atom. The normalized spacial score (nSPS) is 13.4. The second-order valence-corrected chi connectivity index (χ2v) is 9.44. The molecule has 0 saturated heterocycles. The minimum absolute atomic E-state index is 0.0279. The second kappa shape index (κ2) is 8.63. The summed E-state index contributed by atoms with van der Waals surface area (Å²) < 4.78 is 48.0. The third-order valence-corrected chi connectivity index (χ3v) is 7.27. The molecule has 4 rings (SSSR count). The van der Waals surface area contributed by atoms with Crippen LogP contribution in [0.4, 0.5) is 15.8 Å². The summed E-state index contributed by atoms with van der Waals surface area (Å²) in [5.41, 5.74) is 2.46. The number of aryl methyl sites for hydroxylation is 2. The number of rotatable bonds is 5. The van der Waals surface area contributed by atoms with Crippen molar-refractivity contribution < 1.29 is 22.3 Å². The molecule has 3 aromatic rings. The van der Waals surface area contributed by atoms with Gasteiger partial charge in [0.1, 0.15) is 16.5 Å². The van der Waals surface area contributed by atoms with Crippen LogP contribution in [0, 0.1) is 12.7 Å². The molecule has 0 saturated carbocycles. The quantitative estimate of drug-likeness (QED) is 0.614. The number of ether oxygens (including phenoxy) is 1. The smallest absolute Gasteiger partial charge is 0.268 e. The third-order valence-electron chi connectivity index (χ3n) is 5.43. The molecule has 32 heavy (non-hydrogen) atoms. The summed E-state index contributed by atoms with van der Waals surface area (Å²) in [4.78, 5) is 12.7. The van der Waals surface area contributed by atoms with E-state index in [1.807, 2.05) is 12.1 Å². The fourth-order valence-electron chi connectivity index (χ4n) is 3.82. The number of carbonyl (C=O) groups is 1. The Bertz CT molecular complexity index is 1290. The van der Waals surface area contributed by atoms with Gasteiger partial charge in [-0.3, -0.25) is 9.10 Å². The number of methoxy groups -OCH3 is 1. The molecule has 1 N–H and O–H groups in total. The maximum absolute atomic E-state index is 14.1. The van der Waals surface area contributed by atoms with Crippen molar-refractivity contribution in [1.82, 2.24) is 0 Å². The molecule has 1 aliphatic rings. The highest BCUT2D eigenvalue weighted by Crippen LogP contribution is 2.35. The highest BCUT2D eigenvalue weighted by molar-refractivity contribution is 7.93. The second-order valence-electron chi connectivity index (χ2n) is 7.61. The van der Waals surface area contributed by atoms with Crippen molar-refractivity contribution in [3.63, 3.8) is 0 Å². The Morgan fingerprint density at radius 1 is 1.09 bits per heavy atom. The number of fused-ring (bicyclic) bond motifs is 1. The Hall–Kier alpha value is -3.39. The molecule has 1 heterocycles. The summed E-state index contributed by atoms with van der Waals surface area (Å²) in [5.74, 6) is -1.06. The van der Waals surface area contributed by atoms with Crippen LogP contribution in [0.5, 0.6) is 5.75 Å². The third kappa shape index (κ3) is 4.05. The van der Waals surface area contributed by atoms with Crippen molar-refractivity contribution in [2.24, 2.45) is 0 Å². The van der Waals surface area contributed by atoms with Gasteiger partial charge in [-0.15, -0.1) is 0 Å². The number of carbonyl (C=O) groups excluding carboxylic acids is 1. The highest BCUT2D eigenvalue weighted by Gasteiger charge is 2.32. The highest BCUT2D eigenvalue weighted by atomic mass is 32.2. The van der Waals surface area contributed by atoms with Gasteiger partial charge in [0.15, 0.2) is 0 Å². The van der Waals surface area contributed by atoms with Gasteiger partial charge in [-0.25, -0.2) is 12.8 Å². The van der Waals surface area contributed by atoms with E-state index in [-0.39, 0.29) is 21.9 Å². The van der Waals surface area contributed by atoms with Gasteiger partial charge in [0.05, 0.1) is 18.5 Å². The van der Waals surface area contributed by atoms with E-state index in [1.54, 1.807) is 25.1 Å². The fourth-order valence-corrected chi connectivity index (χ4v) is 5.54.